The van der Waals surface area contributed by atoms with E-state index in [0.717, 1.165) is 0 Å². The van der Waals surface area contributed by atoms with Crippen LogP contribution in [0.3, 0.4) is 0 Å². The van der Waals surface area contributed by atoms with Gasteiger partial charge >= 0.3 is 12.0 Å². The van der Waals surface area contributed by atoms with Gasteiger partial charge in [0.1, 0.15) is 6.04 Å². The molecule has 0 bridgehead atoms. The van der Waals surface area contributed by atoms with Crippen LogP contribution >= 0.6 is 0 Å². The van der Waals surface area contributed by atoms with Gasteiger partial charge in [-0.1, -0.05) is 5.92 Å². The summed E-state index contributed by atoms with van der Waals surface area (Å²) in [5.74, 6) is 1.18. The van der Waals surface area contributed by atoms with Crippen molar-refractivity contribution in [2.75, 3.05) is 0 Å². The number of aromatic amines is 1. The Hall–Kier alpha value is -2.49. The molecule has 1 heterocycles. The number of aromatic nitrogens is 2. The molecule has 7 heteroatoms. The number of imidazole rings is 1. The van der Waals surface area contributed by atoms with E-state index in [-0.39, 0.29) is 6.42 Å². The summed E-state index contributed by atoms with van der Waals surface area (Å²) in [7, 11) is 0. The van der Waals surface area contributed by atoms with Crippen molar-refractivity contribution >= 4 is 12.0 Å². The van der Waals surface area contributed by atoms with Crippen molar-refractivity contribution in [2.24, 2.45) is 0 Å². The van der Waals surface area contributed by atoms with Gasteiger partial charge in [-0.3, -0.25) is 0 Å². The number of carbonyl (C=O) groups is 2. The third-order valence-corrected chi connectivity index (χ3v) is 2.18. The van der Waals surface area contributed by atoms with Crippen molar-refractivity contribution < 1.29 is 14.7 Å². The average molecular weight is 250 g/mol. The lowest BCUT2D eigenvalue weighted by Crippen LogP contribution is -2.49. The molecule has 0 saturated carbocycles. The molecule has 18 heavy (non-hydrogen) atoms. The van der Waals surface area contributed by atoms with Crippen molar-refractivity contribution in [3.63, 3.8) is 0 Å². The monoisotopic (exact) mass is 250 g/mol. The molecule has 4 N–H and O–H groups in total. The van der Waals surface area contributed by atoms with E-state index in [4.69, 9.17) is 11.5 Å². The SMILES string of the molecule is C#CC(C)NC(=O)N[C@H](Cc1cnc[nH]1)C(=O)O. The summed E-state index contributed by atoms with van der Waals surface area (Å²) in [6.45, 7) is 1.62. The van der Waals surface area contributed by atoms with Crippen LogP contribution in [-0.2, 0) is 11.2 Å². The molecule has 2 atom stereocenters. The summed E-state index contributed by atoms with van der Waals surface area (Å²) in [5, 5.41) is 13.7. The molecule has 7 nitrogen and oxygen atoms in total. The van der Waals surface area contributed by atoms with Crippen LogP contribution in [0.5, 0.6) is 0 Å². The maximum Gasteiger partial charge on any atom is 0.326 e. The Morgan fingerprint density at radius 3 is 2.83 bits per heavy atom. The summed E-state index contributed by atoms with van der Waals surface area (Å²) in [5.41, 5.74) is 0.618. The highest BCUT2D eigenvalue weighted by atomic mass is 16.4. The minimum Gasteiger partial charge on any atom is -0.480 e. The molecule has 0 radical (unpaired) electrons. The van der Waals surface area contributed by atoms with E-state index >= 15 is 0 Å². The molecule has 2 amide bonds. The highest BCUT2D eigenvalue weighted by molar-refractivity contribution is 5.83. The van der Waals surface area contributed by atoms with Crippen LogP contribution in [0.1, 0.15) is 12.6 Å². The summed E-state index contributed by atoms with van der Waals surface area (Å²) in [4.78, 5) is 29.0. The number of aliphatic carboxylic acids is 1. The van der Waals surface area contributed by atoms with Gasteiger partial charge in [0.2, 0.25) is 0 Å². The van der Waals surface area contributed by atoms with E-state index in [1.165, 1.54) is 12.5 Å². The first-order valence-electron chi connectivity index (χ1n) is 5.26. The van der Waals surface area contributed by atoms with Gasteiger partial charge in [0.05, 0.1) is 12.4 Å². The molecular weight excluding hydrogens is 236 g/mol. The molecule has 0 saturated heterocycles. The topological polar surface area (TPSA) is 107 Å². The fraction of sp³-hybridized carbons (Fsp3) is 0.364. The van der Waals surface area contributed by atoms with Crippen molar-refractivity contribution in [3.05, 3.63) is 18.2 Å². The second-order valence-corrected chi connectivity index (χ2v) is 3.68. The van der Waals surface area contributed by atoms with Crippen LogP contribution in [0, 0.1) is 12.3 Å². The Morgan fingerprint density at radius 2 is 2.33 bits per heavy atom. The predicted molar refractivity (Wildman–Crippen MR) is 63.7 cm³/mol. The maximum absolute atomic E-state index is 11.4. The Kier molecular flexibility index (Phi) is 4.75. The number of H-pyrrole nitrogens is 1. The Bertz CT molecular complexity index is 449. The van der Waals surface area contributed by atoms with E-state index in [9.17, 15) is 9.59 Å². The maximum atomic E-state index is 11.4. The second kappa shape index (κ2) is 6.30. The van der Waals surface area contributed by atoms with Crippen molar-refractivity contribution in [1.29, 1.82) is 0 Å². The van der Waals surface area contributed by atoms with Crippen LogP contribution in [0.4, 0.5) is 4.79 Å². The van der Waals surface area contributed by atoms with Crippen LogP contribution < -0.4 is 10.6 Å². The summed E-state index contributed by atoms with van der Waals surface area (Å²) >= 11 is 0. The largest absolute Gasteiger partial charge is 0.480 e. The molecule has 1 aromatic heterocycles. The quantitative estimate of drug-likeness (QED) is 0.539. The van der Waals surface area contributed by atoms with Gasteiger partial charge in [0, 0.05) is 18.3 Å². The lowest BCUT2D eigenvalue weighted by molar-refractivity contribution is -0.139. The predicted octanol–water partition coefficient (Wildman–Crippen LogP) is -0.274. The Labute approximate surface area is 104 Å². The van der Waals surface area contributed by atoms with Gasteiger partial charge in [-0.05, 0) is 6.92 Å². The summed E-state index contributed by atoms with van der Waals surface area (Å²) < 4.78 is 0. The third kappa shape index (κ3) is 4.17. The minimum absolute atomic E-state index is 0.118. The van der Waals surface area contributed by atoms with Crippen LogP contribution in [0.25, 0.3) is 0 Å². The molecule has 1 rings (SSSR count). The zero-order chi connectivity index (χ0) is 13.5. The van der Waals surface area contributed by atoms with Gasteiger partial charge in [-0.25, -0.2) is 14.6 Å². The van der Waals surface area contributed by atoms with Crippen LogP contribution in [0.15, 0.2) is 12.5 Å². The first-order valence-corrected chi connectivity index (χ1v) is 5.26. The number of carbonyl (C=O) groups excluding carboxylic acids is 1. The first kappa shape index (κ1) is 13.6. The average Bonchev–Trinajstić information content (AvgIpc) is 2.80. The zero-order valence-electron chi connectivity index (χ0n) is 9.80. The number of carboxylic acids is 1. The number of hydrogen-bond donors (Lipinski definition) is 4. The smallest absolute Gasteiger partial charge is 0.326 e. The summed E-state index contributed by atoms with van der Waals surface area (Å²) in [6, 6.07) is -2.13. The molecule has 96 valence electrons. The fourth-order valence-corrected chi connectivity index (χ4v) is 1.25. The van der Waals surface area contributed by atoms with Gasteiger partial charge in [0.25, 0.3) is 0 Å². The number of nitrogens with zero attached hydrogens (tertiary/aromatic N) is 1. The molecule has 0 aliphatic heterocycles. The van der Waals surface area contributed by atoms with Gasteiger partial charge in [-0.15, -0.1) is 6.42 Å². The van der Waals surface area contributed by atoms with E-state index in [2.05, 4.69) is 26.5 Å². The Morgan fingerprint density at radius 1 is 1.61 bits per heavy atom. The van der Waals surface area contributed by atoms with Gasteiger partial charge < -0.3 is 20.7 Å². The van der Waals surface area contributed by atoms with Crippen LogP contribution in [-0.4, -0.2) is 39.2 Å². The molecule has 1 unspecified atom stereocenters. The first-order chi connectivity index (χ1) is 8.52. The van der Waals surface area contributed by atoms with E-state index in [0.29, 0.717) is 5.69 Å². The van der Waals surface area contributed by atoms with Crippen molar-refractivity contribution in [2.45, 2.75) is 25.4 Å². The lowest BCUT2D eigenvalue weighted by atomic mass is 10.1. The standard InChI is InChI=1S/C11H14N4O3/c1-3-7(2)14-11(18)15-9(10(16)17)4-8-5-12-6-13-8/h1,5-7,9H,4H2,2H3,(H,12,13)(H,16,17)(H2,14,15,18)/t7?,9-/m1/s1. The fourth-order valence-electron chi connectivity index (χ4n) is 1.25. The number of nitrogens with one attached hydrogen (secondary N) is 3. The number of carboxylic acid groups (broad SMARTS) is 1. The zero-order valence-corrected chi connectivity index (χ0v) is 9.80. The molecule has 0 aliphatic rings. The number of amides is 2. The lowest BCUT2D eigenvalue weighted by Gasteiger charge is -2.15. The second-order valence-electron chi connectivity index (χ2n) is 3.68. The van der Waals surface area contributed by atoms with E-state index < -0.39 is 24.1 Å². The van der Waals surface area contributed by atoms with Gasteiger partial charge in [-0.2, -0.15) is 0 Å². The molecular formula is C11H14N4O3. The third-order valence-electron chi connectivity index (χ3n) is 2.18. The molecule has 0 spiro atoms. The Balaban J connectivity index is 2.56. The van der Waals surface area contributed by atoms with E-state index in [1.54, 1.807) is 6.92 Å². The molecule has 0 aromatic carbocycles. The molecule has 0 fully saturated rings. The van der Waals surface area contributed by atoms with Crippen molar-refractivity contribution in [1.82, 2.24) is 20.6 Å². The van der Waals surface area contributed by atoms with E-state index in [1.807, 2.05) is 0 Å². The van der Waals surface area contributed by atoms with Crippen LogP contribution in [0.2, 0.25) is 0 Å². The molecule has 1 aromatic rings. The minimum atomic E-state index is -1.13. The number of hydrogen-bond acceptors (Lipinski definition) is 3. The number of urea groups is 1. The highest BCUT2D eigenvalue weighted by Gasteiger charge is 2.21. The normalized spacial score (nSPS) is 13.1. The van der Waals surface area contributed by atoms with Gasteiger partial charge in [0.15, 0.2) is 0 Å². The number of terminal acetylenes is 1. The molecule has 0 aliphatic carbocycles. The highest BCUT2D eigenvalue weighted by Crippen LogP contribution is 1.98. The number of rotatable bonds is 5. The summed E-state index contributed by atoms with van der Waals surface area (Å²) in [6.07, 6.45) is 8.16. The van der Waals surface area contributed by atoms with Crippen molar-refractivity contribution in [3.8, 4) is 12.3 Å².